The van der Waals surface area contributed by atoms with Crippen LogP contribution in [0.5, 0.6) is 0 Å². The molecular weight excluding hydrogens is 216 g/mol. The monoisotopic (exact) mass is 230 g/mol. The fraction of sp³-hybridized carbons (Fsp3) is 0.154. The second-order valence-corrected chi connectivity index (χ2v) is 4.78. The van der Waals surface area contributed by atoms with Crippen LogP contribution in [0.1, 0.15) is 10.4 Å². The molecule has 16 heavy (non-hydrogen) atoms. The first kappa shape index (κ1) is 10.9. The van der Waals surface area contributed by atoms with E-state index in [-0.39, 0.29) is 0 Å². The summed E-state index contributed by atoms with van der Waals surface area (Å²) in [4.78, 5) is 5.23. The van der Waals surface area contributed by atoms with Gasteiger partial charge in [-0.3, -0.25) is 0 Å². The maximum Gasteiger partial charge on any atom is 0.0852 e. The summed E-state index contributed by atoms with van der Waals surface area (Å²) in [7, 11) is 0. The highest BCUT2D eigenvalue weighted by molar-refractivity contribution is 7.19. The molecule has 1 aromatic carbocycles. The third-order valence-electron chi connectivity index (χ3n) is 2.50. The molecule has 2 aromatic rings. The van der Waals surface area contributed by atoms with Crippen LogP contribution in [0.3, 0.4) is 0 Å². The molecule has 2 rings (SSSR count). The van der Waals surface area contributed by atoms with Gasteiger partial charge in [-0.15, -0.1) is 11.3 Å². The van der Waals surface area contributed by atoms with Gasteiger partial charge >= 0.3 is 0 Å². The van der Waals surface area contributed by atoms with Gasteiger partial charge in [-0.25, -0.2) is 4.99 Å². The quantitative estimate of drug-likeness (QED) is 0.638. The van der Waals surface area contributed by atoms with Gasteiger partial charge in [0.25, 0.3) is 0 Å². The summed E-state index contributed by atoms with van der Waals surface area (Å²) in [6.07, 6.45) is 5.99. The Morgan fingerprint density at radius 2 is 2.19 bits per heavy atom. The number of fused-ring (bicyclic) bond motifs is 1. The minimum atomic E-state index is 0.910. The molecule has 2 nitrogen and oxygen atoms in total. The zero-order valence-electron chi connectivity index (χ0n) is 9.18. The number of hydrogen-bond donors (Lipinski definition) is 1. The first-order valence-electron chi connectivity index (χ1n) is 5.18. The number of nitrogens with zero attached hydrogens (tertiary/aromatic N) is 1. The molecule has 0 radical (unpaired) electrons. The van der Waals surface area contributed by atoms with Crippen molar-refractivity contribution in [1.29, 1.82) is 0 Å². The van der Waals surface area contributed by atoms with Crippen molar-refractivity contribution in [3.05, 3.63) is 47.0 Å². The lowest BCUT2D eigenvalue weighted by molar-refractivity contribution is 1.26. The van der Waals surface area contributed by atoms with Crippen molar-refractivity contribution in [2.24, 2.45) is 10.7 Å². The summed E-state index contributed by atoms with van der Waals surface area (Å²) in [5.41, 5.74) is 6.56. The Hall–Kier alpha value is -1.61. The molecule has 0 unspecified atom stereocenters. The third kappa shape index (κ3) is 2.14. The SMILES string of the molecule is Cc1sc2ccccc2c1CC=CN=CN. The molecule has 0 aliphatic carbocycles. The smallest absolute Gasteiger partial charge is 0.0852 e. The largest absolute Gasteiger partial charge is 0.390 e. The van der Waals surface area contributed by atoms with Crippen LogP contribution in [0.2, 0.25) is 0 Å². The number of nitrogens with two attached hydrogens (primary N) is 1. The molecule has 0 fully saturated rings. The van der Waals surface area contributed by atoms with E-state index in [1.54, 1.807) is 6.20 Å². The average molecular weight is 230 g/mol. The van der Waals surface area contributed by atoms with E-state index in [1.807, 2.05) is 17.4 Å². The number of hydrogen-bond acceptors (Lipinski definition) is 2. The predicted molar refractivity (Wildman–Crippen MR) is 72.1 cm³/mol. The molecule has 2 N–H and O–H groups in total. The van der Waals surface area contributed by atoms with Crippen LogP contribution in [-0.2, 0) is 6.42 Å². The van der Waals surface area contributed by atoms with Gasteiger partial charge < -0.3 is 5.73 Å². The normalized spacial score (nSPS) is 12.1. The minimum Gasteiger partial charge on any atom is -0.390 e. The highest BCUT2D eigenvalue weighted by atomic mass is 32.1. The fourth-order valence-corrected chi connectivity index (χ4v) is 2.85. The van der Waals surface area contributed by atoms with Gasteiger partial charge in [0.1, 0.15) is 0 Å². The van der Waals surface area contributed by atoms with E-state index in [0.29, 0.717) is 0 Å². The molecule has 0 bridgehead atoms. The van der Waals surface area contributed by atoms with E-state index in [9.17, 15) is 0 Å². The summed E-state index contributed by atoms with van der Waals surface area (Å²) in [6, 6.07) is 8.50. The zero-order valence-corrected chi connectivity index (χ0v) is 10.00. The number of aliphatic imine (C=N–C) groups is 1. The molecule has 82 valence electrons. The van der Waals surface area contributed by atoms with Gasteiger partial charge in [0.05, 0.1) is 6.34 Å². The van der Waals surface area contributed by atoms with Crippen LogP contribution in [0, 0.1) is 6.92 Å². The van der Waals surface area contributed by atoms with Gasteiger partial charge in [0.2, 0.25) is 0 Å². The maximum absolute atomic E-state index is 5.17. The Kier molecular flexibility index (Phi) is 3.37. The van der Waals surface area contributed by atoms with Crippen LogP contribution >= 0.6 is 11.3 Å². The zero-order chi connectivity index (χ0) is 11.4. The van der Waals surface area contributed by atoms with E-state index in [4.69, 9.17) is 5.73 Å². The first-order valence-corrected chi connectivity index (χ1v) is 6.00. The van der Waals surface area contributed by atoms with Crippen LogP contribution in [0.25, 0.3) is 10.1 Å². The summed E-state index contributed by atoms with van der Waals surface area (Å²) < 4.78 is 1.35. The summed E-state index contributed by atoms with van der Waals surface area (Å²) in [6.45, 7) is 2.17. The Bertz CT molecular complexity index is 538. The van der Waals surface area contributed by atoms with Crippen molar-refractivity contribution < 1.29 is 0 Å². The van der Waals surface area contributed by atoms with Crippen molar-refractivity contribution in [1.82, 2.24) is 0 Å². The van der Waals surface area contributed by atoms with Gasteiger partial charge in [0, 0.05) is 15.8 Å². The van der Waals surface area contributed by atoms with E-state index in [2.05, 4.69) is 36.2 Å². The number of aryl methyl sites for hydroxylation is 1. The summed E-state index contributed by atoms with van der Waals surface area (Å²) in [5, 5.41) is 1.35. The lowest BCUT2D eigenvalue weighted by Gasteiger charge is -1.95. The van der Waals surface area contributed by atoms with Crippen LogP contribution in [-0.4, -0.2) is 6.34 Å². The lowest BCUT2D eigenvalue weighted by atomic mass is 10.1. The second kappa shape index (κ2) is 4.94. The summed E-state index contributed by atoms with van der Waals surface area (Å²) in [5.74, 6) is 0. The molecule has 0 aliphatic rings. The van der Waals surface area contributed by atoms with Crippen molar-refractivity contribution in [3.63, 3.8) is 0 Å². The lowest BCUT2D eigenvalue weighted by Crippen LogP contribution is -1.86. The molecule has 0 amide bonds. The van der Waals surface area contributed by atoms with Crippen molar-refractivity contribution >= 4 is 27.8 Å². The number of thiophene rings is 1. The van der Waals surface area contributed by atoms with Crippen LogP contribution < -0.4 is 5.73 Å². The molecule has 0 saturated heterocycles. The number of rotatable bonds is 3. The van der Waals surface area contributed by atoms with E-state index in [0.717, 1.165) is 6.42 Å². The molecule has 1 heterocycles. The van der Waals surface area contributed by atoms with Crippen molar-refractivity contribution in [2.45, 2.75) is 13.3 Å². The third-order valence-corrected chi connectivity index (χ3v) is 3.63. The van der Waals surface area contributed by atoms with E-state index >= 15 is 0 Å². The first-order chi connectivity index (χ1) is 7.83. The predicted octanol–water partition coefficient (Wildman–Crippen LogP) is 3.25. The molecule has 0 aliphatic heterocycles. The Labute approximate surface area is 99.1 Å². The van der Waals surface area contributed by atoms with Gasteiger partial charge in [-0.05, 0) is 30.4 Å². The highest BCUT2D eigenvalue weighted by Crippen LogP contribution is 2.30. The molecular formula is C13H14N2S. The van der Waals surface area contributed by atoms with Crippen LogP contribution in [0.15, 0.2) is 41.5 Å². The van der Waals surface area contributed by atoms with Crippen molar-refractivity contribution in [2.75, 3.05) is 0 Å². The average Bonchev–Trinajstić information content (AvgIpc) is 2.61. The number of benzene rings is 1. The number of allylic oxidation sites excluding steroid dienone is 1. The summed E-state index contributed by atoms with van der Waals surface area (Å²) >= 11 is 1.85. The molecule has 0 spiro atoms. The second-order valence-electron chi connectivity index (χ2n) is 3.52. The highest BCUT2D eigenvalue weighted by Gasteiger charge is 2.06. The fourth-order valence-electron chi connectivity index (χ4n) is 1.76. The Balaban J connectivity index is 2.32. The molecule has 0 saturated carbocycles. The molecule has 0 atom stereocenters. The molecule has 3 heteroatoms. The van der Waals surface area contributed by atoms with E-state index < -0.39 is 0 Å². The van der Waals surface area contributed by atoms with Gasteiger partial charge in [0.15, 0.2) is 0 Å². The Morgan fingerprint density at radius 1 is 1.38 bits per heavy atom. The minimum absolute atomic E-state index is 0.910. The van der Waals surface area contributed by atoms with Crippen molar-refractivity contribution in [3.8, 4) is 0 Å². The van der Waals surface area contributed by atoms with E-state index in [1.165, 1.54) is 26.9 Å². The van der Waals surface area contributed by atoms with Gasteiger partial charge in [-0.2, -0.15) is 0 Å². The maximum atomic E-state index is 5.17. The standard InChI is InChI=1S/C13H14N2S/c1-10-11(6-4-8-15-9-14)12-5-2-3-7-13(12)16-10/h2-5,7-9H,6H2,1H3,(H2,14,15). The molecule has 1 aromatic heterocycles. The van der Waals surface area contributed by atoms with Crippen LogP contribution in [0.4, 0.5) is 0 Å². The van der Waals surface area contributed by atoms with Gasteiger partial charge in [-0.1, -0.05) is 24.3 Å². The topological polar surface area (TPSA) is 38.4 Å². The Morgan fingerprint density at radius 3 is 3.00 bits per heavy atom.